The lowest BCUT2D eigenvalue weighted by molar-refractivity contribution is -0.384. The van der Waals surface area contributed by atoms with Gasteiger partial charge < -0.3 is 15.0 Å². The maximum atomic E-state index is 12.5. The predicted molar refractivity (Wildman–Crippen MR) is 104 cm³/mol. The van der Waals surface area contributed by atoms with E-state index < -0.39 is 10.8 Å². The molecule has 0 saturated carbocycles. The summed E-state index contributed by atoms with van der Waals surface area (Å²) in [6, 6.07) is 12.9. The number of carbonyl (C=O) groups excluding carboxylic acids is 2. The fraction of sp³-hybridized carbons (Fsp3) is 0.300. The van der Waals surface area contributed by atoms with Crippen LogP contribution in [0.25, 0.3) is 0 Å². The summed E-state index contributed by atoms with van der Waals surface area (Å²) in [7, 11) is 0. The molecule has 0 spiro atoms. The molecular formula is C20H21N3O5. The number of nitrogens with zero attached hydrogens (tertiary/aromatic N) is 2. The topological polar surface area (TPSA) is 102 Å². The summed E-state index contributed by atoms with van der Waals surface area (Å²) in [5.41, 5.74) is 0.939. The van der Waals surface area contributed by atoms with Crippen molar-refractivity contribution in [2.75, 3.05) is 23.4 Å². The Kier molecular flexibility index (Phi) is 5.88. The average Bonchev–Trinajstić information content (AvgIpc) is 3.09. The molecule has 1 fully saturated rings. The number of nitrogens with one attached hydrogen (secondary N) is 1. The number of ether oxygens (including phenoxy) is 1. The van der Waals surface area contributed by atoms with E-state index in [1.807, 2.05) is 6.92 Å². The van der Waals surface area contributed by atoms with Gasteiger partial charge in [-0.25, -0.2) is 0 Å². The van der Waals surface area contributed by atoms with Gasteiger partial charge in [0.25, 0.3) is 5.69 Å². The number of non-ortho nitro benzene ring substituents is 1. The molecule has 1 saturated heterocycles. The zero-order valence-electron chi connectivity index (χ0n) is 15.5. The van der Waals surface area contributed by atoms with Crippen LogP contribution < -0.4 is 15.0 Å². The molecule has 1 N–H and O–H groups in total. The van der Waals surface area contributed by atoms with Crippen molar-refractivity contribution >= 4 is 28.9 Å². The summed E-state index contributed by atoms with van der Waals surface area (Å²) in [6.45, 7) is 2.91. The Morgan fingerprint density at radius 3 is 2.71 bits per heavy atom. The highest BCUT2D eigenvalue weighted by Gasteiger charge is 2.35. The summed E-state index contributed by atoms with van der Waals surface area (Å²) in [5, 5.41) is 13.5. The molecule has 1 aliphatic rings. The second kappa shape index (κ2) is 8.51. The normalized spacial score (nSPS) is 16.1. The Balaban J connectivity index is 1.64. The first-order valence-electron chi connectivity index (χ1n) is 9.06. The van der Waals surface area contributed by atoms with Gasteiger partial charge in [-0.05, 0) is 36.8 Å². The highest BCUT2D eigenvalue weighted by atomic mass is 16.6. The van der Waals surface area contributed by atoms with Crippen LogP contribution in [0.1, 0.15) is 19.8 Å². The number of carbonyl (C=O) groups is 2. The first-order valence-corrected chi connectivity index (χ1v) is 9.06. The summed E-state index contributed by atoms with van der Waals surface area (Å²) in [4.78, 5) is 36.8. The fourth-order valence-corrected chi connectivity index (χ4v) is 3.02. The molecule has 1 heterocycles. The molecule has 1 atom stereocenters. The molecule has 8 heteroatoms. The third kappa shape index (κ3) is 4.46. The van der Waals surface area contributed by atoms with Gasteiger partial charge >= 0.3 is 0 Å². The van der Waals surface area contributed by atoms with Gasteiger partial charge in [0.15, 0.2) is 0 Å². The molecule has 2 amide bonds. The highest BCUT2D eigenvalue weighted by molar-refractivity contribution is 6.03. The first-order chi connectivity index (χ1) is 13.5. The second-order valence-electron chi connectivity index (χ2n) is 6.54. The van der Waals surface area contributed by atoms with Crippen molar-refractivity contribution < 1.29 is 19.2 Å². The molecule has 1 aliphatic heterocycles. The number of amides is 2. The Morgan fingerprint density at radius 1 is 1.29 bits per heavy atom. The minimum atomic E-state index is -0.525. The lowest BCUT2D eigenvalue weighted by atomic mass is 10.1. The summed E-state index contributed by atoms with van der Waals surface area (Å²) < 4.78 is 5.54. The summed E-state index contributed by atoms with van der Waals surface area (Å²) in [5.74, 6) is -0.263. The van der Waals surface area contributed by atoms with E-state index in [0.717, 1.165) is 12.2 Å². The van der Waals surface area contributed by atoms with E-state index in [1.165, 1.54) is 18.2 Å². The zero-order valence-corrected chi connectivity index (χ0v) is 15.5. The number of hydrogen-bond acceptors (Lipinski definition) is 5. The highest BCUT2D eigenvalue weighted by Crippen LogP contribution is 2.28. The number of nitro benzene ring substituents is 1. The van der Waals surface area contributed by atoms with Crippen molar-refractivity contribution in [3.8, 4) is 5.75 Å². The van der Waals surface area contributed by atoms with Crippen LogP contribution >= 0.6 is 0 Å². The van der Waals surface area contributed by atoms with Crippen LogP contribution in [0.15, 0.2) is 48.5 Å². The molecule has 2 aromatic rings. The van der Waals surface area contributed by atoms with Gasteiger partial charge in [0.2, 0.25) is 11.8 Å². The quantitative estimate of drug-likeness (QED) is 0.583. The Morgan fingerprint density at radius 2 is 2.04 bits per heavy atom. The van der Waals surface area contributed by atoms with Crippen LogP contribution in [-0.2, 0) is 9.59 Å². The maximum absolute atomic E-state index is 12.5. The van der Waals surface area contributed by atoms with Gasteiger partial charge in [0, 0.05) is 36.5 Å². The van der Waals surface area contributed by atoms with Crippen molar-refractivity contribution in [3.63, 3.8) is 0 Å². The SMILES string of the molecule is CCCOc1ccc(N2C[C@H](C(=O)Nc3cccc([N+](=O)[O-])c3)CC2=O)cc1. The van der Waals surface area contributed by atoms with Crippen molar-refractivity contribution in [2.24, 2.45) is 5.92 Å². The van der Waals surface area contributed by atoms with Crippen LogP contribution in [0, 0.1) is 16.0 Å². The predicted octanol–water partition coefficient (Wildman–Crippen LogP) is 3.38. The van der Waals surface area contributed by atoms with E-state index in [9.17, 15) is 19.7 Å². The monoisotopic (exact) mass is 383 g/mol. The lowest BCUT2D eigenvalue weighted by Crippen LogP contribution is -2.28. The van der Waals surface area contributed by atoms with Gasteiger partial charge in [-0.1, -0.05) is 13.0 Å². The Bertz CT molecular complexity index is 882. The van der Waals surface area contributed by atoms with Crippen molar-refractivity contribution in [1.29, 1.82) is 0 Å². The molecule has 0 aromatic heterocycles. The third-order valence-corrected chi connectivity index (χ3v) is 4.44. The molecule has 3 rings (SSSR count). The van der Waals surface area contributed by atoms with E-state index in [4.69, 9.17) is 4.74 Å². The van der Waals surface area contributed by atoms with Gasteiger partial charge in [-0.3, -0.25) is 19.7 Å². The van der Waals surface area contributed by atoms with Gasteiger partial charge in [-0.2, -0.15) is 0 Å². The van der Waals surface area contributed by atoms with Crippen LogP contribution in [-0.4, -0.2) is 29.9 Å². The number of nitro groups is 1. The van der Waals surface area contributed by atoms with E-state index in [-0.39, 0.29) is 30.5 Å². The smallest absolute Gasteiger partial charge is 0.271 e. The Hall–Kier alpha value is -3.42. The number of benzene rings is 2. The van der Waals surface area contributed by atoms with Crippen LogP contribution in [0.4, 0.5) is 17.1 Å². The maximum Gasteiger partial charge on any atom is 0.271 e. The molecule has 0 unspecified atom stereocenters. The molecule has 0 radical (unpaired) electrons. The van der Waals surface area contributed by atoms with Crippen molar-refractivity contribution in [3.05, 3.63) is 58.6 Å². The van der Waals surface area contributed by atoms with Crippen molar-refractivity contribution in [2.45, 2.75) is 19.8 Å². The molecule has 0 aliphatic carbocycles. The second-order valence-corrected chi connectivity index (χ2v) is 6.54. The van der Waals surface area contributed by atoms with Gasteiger partial charge in [0.05, 0.1) is 17.4 Å². The van der Waals surface area contributed by atoms with Crippen LogP contribution in [0.5, 0.6) is 5.75 Å². The largest absolute Gasteiger partial charge is 0.494 e. The lowest BCUT2D eigenvalue weighted by Gasteiger charge is -2.17. The molecule has 0 bridgehead atoms. The van der Waals surface area contributed by atoms with E-state index in [0.29, 0.717) is 18.0 Å². The van der Waals surface area contributed by atoms with Crippen molar-refractivity contribution in [1.82, 2.24) is 0 Å². The standard InChI is InChI=1S/C20H21N3O5/c1-2-10-28-18-8-6-16(7-9-18)22-13-14(11-19(22)24)20(25)21-15-4-3-5-17(12-15)23(26)27/h3-9,12,14H,2,10-11,13H2,1H3,(H,21,25)/t14-/m1/s1. The van der Waals surface area contributed by atoms with E-state index >= 15 is 0 Å². The molecule has 8 nitrogen and oxygen atoms in total. The van der Waals surface area contributed by atoms with Crippen LogP contribution in [0.3, 0.4) is 0 Å². The molecule has 146 valence electrons. The first kappa shape index (κ1) is 19.3. The average molecular weight is 383 g/mol. The van der Waals surface area contributed by atoms with Crippen LogP contribution in [0.2, 0.25) is 0 Å². The van der Waals surface area contributed by atoms with E-state index in [2.05, 4.69) is 5.32 Å². The van der Waals surface area contributed by atoms with Gasteiger partial charge in [-0.15, -0.1) is 0 Å². The Labute approximate surface area is 162 Å². The molecule has 2 aromatic carbocycles. The number of rotatable bonds is 7. The number of hydrogen-bond donors (Lipinski definition) is 1. The van der Waals surface area contributed by atoms with E-state index in [1.54, 1.807) is 35.2 Å². The molecule has 28 heavy (non-hydrogen) atoms. The summed E-state index contributed by atoms with van der Waals surface area (Å²) in [6.07, 6.45) is 1.00. The minimum Gasteiger partial charge on any atom is -0.494 e. The summed E-state index contributed by atoms with van der Waals surface area (Å²) >= 11 is 0. The number of anilines is 2. The third-order valence-electron chi connectivity index (χ3n) is 4.44. The van der Waals surface area contributed by atoms with Gasteiger partial charge in [0.1, 0.15) is 5.75 Å². The zero-order chi connectivity index (χ0) is 20.1. The molecular weight excluding hydrogens is 362 g/mol. The fourth-order valence-electron chi connectivity index (χ4n) is 3.02. The minimum absolute atomic E-state index is 0.0921.